The molecule has 0 fully saturated rings. The van der Waals surface area contributed by atoms with E-state index >= 15 is 0 Å². The molecule has 0 atom stereocenters. The van der Waals surface area contributed by atoms with Gasteiger partial charge >= 0.3 is 0 Å². The number of hydrogen-bond acceptors (Lipinski definition) is 3. The van der Waals surface area contributed by atoms with Gasteiger partial charge in [-0.1, -0.05) is 30.3 Å². The van der Waals surface area contributed by atoms with Gasteiger partial charge in [0, 0.05) is 28.6 Å². The number of rotatable bonds is 6. The van der Waals surface area contributed by atoms with E-state index in [1.807, 2.05) is 43.7 Å². The van der Waals surface area contributed by atoms with Crippen LogP contribution < -0.4 is 5.32 Å². The number of halogens is 1. The maximum atomic E-state index is 13.9. The van der Waals surface area contributed by atoms with Gasteiger partial charge in [0.15, 0.2) is 5.82 Å². The summed E-state index contributed by atoms with van der Waals surface area (Å²) >= 11 is 0. The van der Waals surface area contributed by atoms with Crippen molar-refractivity contribution in [1.29, 1.82) is 0 Å². The molecule has 1 amide bonds. The molecular weight excluding hydrogens is 393 g/mol. The highest BCUT2D eigenvalue weighted by Gasteiger charge is 2.12. The maximum absolute atomic E-state index is 13.9. The maximum Gasteiger partial charge on any atom is 0.256 e. The second-order valence-electron chi connectivity index (χ2n) is 7.66. The zero-order chi connectivity index (χ0) is 22.0. The minimum atomic E-state index is -0.274. The van der Waals surface area contributed by atoms with Gasteiger partial charge in [-0.25, -0.2) is 4.39 Å². The number of amides is 1. The van der Waals surface area contributed by atoms with Crippen LogP contribution in [0.3, 0.4) is 0 Å². The van der Waals surface area contributed by atoms with Crippen molar-refractivity contribution in [1.82, 2.24) is 19.6 Å². The summed E-state index contributed by atoms with van der Waals surface area (Å²) < 4.78 is 17.5. The Kier molecular flexibility index (Phi) is 5.66. The molecule has 0 unspecified atom stereocenters. The van der Waals surface area contributed by atoms with Crippen molar-refractivity contribution < 1.29 is 9.18 Å². The fraction of sp³-hybridized carbons (Fsp3) is 0.208. The van der Waals surface area contributed by atoms with Gasteiger partial charge in [0.25, 0.3) is 5.91 Å². The Hall–Kier alpha value is -3.74. The van der Waals surface area contributed by atoms with Crippen molar-refractivity contribution in [2.24, 2.45) is 0 Å². The first-order valence-corrected chi connectivity index (χ1v) is 10.1. The average molecular weight is 417 g/mol. The van der Waals surface area contributed by atoms with Crippen LogP contribution in [0.5, 0.6) is 0 Å². The third-order valence-electron chi connectivity index (χ3n) is 5.15. The summed E-state index contributed by atoms with van der Waals surface area (Å²) in [5.74, 6) is -0.0812. The average Bonchev–Trinajstić information content (AvgIpc) is 3.24. The van der Waals surface area contributed by atoms with Crippen LogP contribution in [0.25, 0.3) is 0 Å². The molecule has 4 aromatic rings. The molecule has 1 N–H and O–H groups in total. The predicted octanol–water partition coefficient (Wildman–Crippen LogP) is 4.49. The molecule has 0 aliphatic rings. The van der Waals surface area contributed by atoms with Crippen LogP contribution in [0, 0.1) is 26.6 Å². The number of nitrogens with zero attached hydrogens (tertiary/aromatic N) is 4. The van der Waals surface area contributed by atoms with Gasteiger partial charge in [-0.2, -0.15) is 10.2 Å². The van der Waals surface area contributed by atoms with Crippen LogP contribution in [0.1, 0.15) is 38.6 Å². The second kappa shape index (κ2) is 8.55. The van der Waals surface area contributed by atoms with Gasteiger partial charge in [0.05, 0.1) is 18.8 Å². The van der Waals surface area contributed by atoms with Gasteiger partial charge < -0.3 is 5.32 Å². The molecule has 0 radical (unpaired) electrons. The molecule has 0 aliphatic carbocycles. The van der Waals surface area contributed by atoms with E-state index in [2.05, 4.69) is 15.5 Å². The van der Waals surface area contributed by atoms with Crippen LogP contribution in [-0.2, 0) is 13.1 Å². The zero-order valence-corrected chi connectivity index (χ0v) is 17.8. The van der Waals surface area contributed by atoms with Crippen molar-refractivity contribution in [3.63, 3.8) is 0 Å². The summed E-state index contributed by atoms with van der Waals surface area (Å²) in [6.07, 6.45) is 0. The molecule has 4 rings (SSSR count). The van der Waals surface area contributed by atoms with Gasteiger partial charge in [-0.05, 0) is 50.6 Å². The summed E-state index contributed by atoms with van der Waals surface area (Å²) in [5.41, 5.74) is 5.06. The minimum absolute atomic E-state index is 0.242. The Balaban J connectivity index is 1.42. The molecule has 158 valence electrons. The zero-order valence-electron chi connectivity index (χ0n) is 17.8. The molecule has 2 heterocycles. The fourth-order valence-electron chi connectivity index (χ4n) is 3.48. The lowest BCUT2D eigenvalue weighted by molar-refractivity contribution is 0.102. The largest absolute Gasteiger partial charge is 0.305 e. The number of nitrogens with one attached hydrogen (secondary N) is 1. The summed E-state index contributed by atoms with van der Waals surface area (Å²) in [4.78, 5) is 12.6. The summed E-state index contributed by atoms with van der Waals surface area (Å²) in [6.45, 7) is 6.82. The Labute approximate surface area is 180 Å². The Morgan fingerprint density at radius 1 is 0.903 bits per heavy atom. The van der Waals surface area contributed by atoms with Crippen molar-refractivity contribution in [2.75, 3.05) is 5.32 Å². The Morgan fingerprint density at radius 3 is 2.26 bits per heavy atom. The molecular formula is C24H24FN5O. The van der Waals surface area contributed by atoms with E-state index in [4.69, 9.17) is 0 Å². The minimum Gasteiger partial charge on any atom is -0.305 e. The predicted molar refractivity (Wildman–Crippen MR) is 118 cm³/mol. The number of carbonyl (C=O) groups excluding carboxylic acids is 1. The van der Waals surface area contributed by atoms with Gasteiger partial charge in [-0.15, -0.1) is 0 Å². The molecule has 0 aliphatic heterocycles. The smallest absolute Gasteiger partial charge is 0.256 e. The normalized spacial score (nSPS) is 11.0. The van der Waals surface area contributed by atoms with E-state index in [-0.39, 0.29) is 11.7 Å². The molecule has 31 heavy (non-hydrogen) atoms. The molecule has 7 heteroatoms. The molecule has 2 aromatic heterocycles. The lowest BCUT2D eigenvalue weighted by Gasteiger charge is -2.07. The van der Waals surface area contributed by atoms with E-state index in [1.165, 1.54) is 6.07 Å². The van der Waals surface area contributed by atoms with Crippen molar-refractivity contribution in [3.8, 4) is 0 Å². The topological polar surface area (TPSA) is 64.7 Å². The third-order valence-corrected chi connectivity index (χ3v) is 5.15. The highest BCUT2D eigenvalue weighted by atomic mass is 19.1. The highest BCUT2D eigenvalue weighted by Crippen LogP contribution is 2.15. The van der Waals surface area contributed by atoms with Crippen LogP contribution in [0.15, 0.2) is 60.7 Å². The van der Waals surface area contributed by atoms with E-state index in [0.717, 1.165) is 22.6 Å². The lowest BCUT2D eigenvalue weighted by atomic mass is 10.1. The number of hydrogen-bond donors (Lipinski definition) is 1. The third kappa shape index (κ3) is 4.71. The van der Waals surface area contributed by atoms with Gasteiger partial charge in [0.2, 0.25) is 0 Å². The van der Waals surface area contributed by atoms with Crippen LogP contribution in [0.4, 0.5) is 10.2 Å². The summed E-state index contributed by atoms with van der Waals surface area (Å²) in [7, 11) is 0. The Bertz CT molecular complexity index is 1220. The summed E-state index contributed by atoms with van der Waals surface area (Å²) in [6, 6.07) is 17.8. The molecule has 0 saturated heterocycles. The van der Waals surface area contributed by atoms with Crippen molar-refractivity contribution >= 4 is 11.7 Å². The number of aryl methyl sites for hydroxylation is 3. The van der Waals surface area contributed by atoms with Gasteiger partial charge in [0.1, 0.15) is 5.82 Å². The SMILES string of the molecule is Cc1cc(C)n(Cc2ccc(C(=O)Nc3cc(C)n(Cc4ccccc4F)n3)cc2)n1. The number of aromatic nitrogens is 4. The molecule has 6 nitrogen and oxygen atoms in total. The van der Waals surface area contributed by atoms with E-state index < -0.39 is 0 Å². The molecule has 0 spiro atoms. The number of anilines is 1. The van der Waals surface area contributed by atoms with Crippen LogP contribution in [0.2, 0.25) is 0 Å². The second-order valence-corrected chi connectivity index (χ2v) is 7.66. The van der Waals surface area contributed by atoms with Crippen molar-refractivity contribution in [2.45, 2.75) is 33.9 Å². The van der Waals surface area contributed by atoms with E-state index in [0.29, 0.717) is 30.0 Å². The Morgan fingerprint density at radius 2 is 1.58 bits per heavy atom. The monoisotopic (exact) mass is 417 g/mol. The standard InChI is InChI=1S/C24H24FN5O/c1-16-12-17(2)29(27-16)14-19-8-10-20(11-9-19)24(31)26-23-13-18(3)30(28-23)15-21-6-4-5-7-22(21)25/h4-13H,14-15H2,1-3H3,(H,26,28,31). The number of carbonyl (C=O) groups is 1. The molecule has 2 aromatic carbocycles. The van der Waals surface area contributed by atoms with E-state index in [1.54, 1.807) is 41.1 Å². The molecule has 0 saturated carbocycles. The molecule has 0 bridgehead atoms. The number of benzene rings is 2. The first-order chi connectivity index (χ1) is 14.9. The van der Waals surface area contributed by atoms with E-state index in [9.17, 15) is 9.18 Å². The highest BCUT2D eigenvalue weighted by molar-refractivity contribution is 6.03. The van der Waals surface area contributed by atoms with Crippen LogP contribution in [-0.4, -0.2) is 25.5 Å². The lowest BCUT2D eigenvalue weighted by Crippen LogP contribution is -2.13. The summed E-state index contributed by atoms with van der Waals surface area (Å²) in [5, 5.41) is 11.7. The fourth-order valence-corrected chi connectivity index (χ4v) is 3.48. The van der Waals surface area contributed by atoms with Gasteiger partial charge in [-0.3, -0.25) is 14.2 Å². The first-order valence-electron chi connectivity index (χ1n) is 10.1. The first kappa shape index (κ1) is 20.5. The van der Waals surface area contributed by atoms with Crippen molar-refractivity contribution in [3.05, 3.63) is 100 Å². The quantitative estimate of drug-likeness (QED) is 0.503. The van der Waals surface area contributed by atoms with Crippen LogP contribution >= 0.6 is 0 Å².